The molecule has 0 atom stereocenters. The Hall–Kier alpha value is -3.31. The maximum atomic E-state index is 13.1. The Labute approximate surface area is 166 Å². The number of halogens is 1. The van der Waals surface area contributed by atoms with E-state index in [-0.39, 0.29) is 5.91 Å². The molecule has 0 spiro atoms. The summed E-state index contributed by atoms with van der Waals surface area (Å²) in [5.74, 6) is 1.62. The zero-order valence-electron chi connectivity index (χ0n) is 15.3. The number of para-hydroxylation sites is 1. The van der Waals surface area contributed by atoms with Gasteiger partial charge in [0.15, 0.2) is 5.76 Å². The maximum absolute atomic E-state index is 13.1. The number of pyridine rings is 1. The lowest BCUT2D eigenvalue weighted by atomic mass is 10.1. The van der Waals surface area contributed by atoms with Gasteiger partial charge in [0.2, 0.25) is 0 Å². The van der Waals surface area contributed by atoms with Crippen molar-refractivity contribution in [2.75, 3.05) is 12.4 Å². The molecule has 0 aliphatic rings. The molecular formula is C22H17ClN2O3. The number of carbonyl (C=O) groups is 1. The predicted molar refractivity (Wildman–Crippen MR) is 110 cm³/mol. The molecule has 0 aliphatic heterocycles. The largest absolute Gasteiger partial charge is 0.495 e. The average molecular weight is 393 g/mol. The fraction of sp³-hybridized carbons (Fsp3) is 0.0909. The lowest BCUT2D eigenvalue weighted by Crippen LogP contribution is -2.14. The van der Waals surface area contributed by atoms with Gasteiger partial charge in [-0.2, -0.15) is 0 Å². The molecule has 0 aliphatic carbocycles. The van der Waals surface area contributed by atoms with Gasteiger partial charge in [-0.05, 0) is 49.4 Å². The summed E-state index contributed by atoms with van der Waals surface area (Å²) < 4.78 is 11.0. The zero-order valence-corrected chi connectivity index (χ0v) is 16.1. The highest BCUT2D eigenvalue weighted by molar-refractivity contribution is 6.31. The molecule has 140 valence electrons. The fourth-order valence-corrected chi connectivity index (χ4v) is 3.20. The summed E-state index contributed by atoms with van der Waals surface area (Å²) in [4.78, 5) is 17.8. The van der Waals surface area contributed by atoms with Gasteiger partial charge in [-0.15, -0.1) is 0 Å². The summed E-state index contributed by atoms with van der Waals surface area (Å²) in [5, 5.41) is 4.13. The minimum atomic E-state index is -0.288. The van der Waals surface area contributed by atoms with E-state index in [1.807, 2.05) is 43.3 Å². The number of aromatic nitrogens is 1. The summed E-state index contributed by atoms with van der Waals surface area (Å²) in [6.07, 6.45) is 0. The Bertz CT molecular complexity index is 1180. The van der Waals surface area contributed by atoms with Crippen molar-refractivity contribution < 1.29 is 13.9 Å². The van der Waals surface area contributed by atoms with Gasteiger partial charge in [-0.1, -0.05) is 29.8 Å². The Morgan fingerprint density at radius 1 is 1.11 bits per heavy atom. The number of furan rings is 1. The van der Waals surface area contributed by atoms with Crippen molar-refractivity contribution in [2.24, 2.45) is 0 Å². The fourth-order valence-electron chi connectivity index (χ4n) is 3.03. The number of anilines is 1. The standard InChI is InChI=1S/C22H17ClN2O3/c1-13-7-9-21(28-13)19-12-16(15-5-3-4-6-17(15)24-19)22(26)25-18-11-14(23)8-10-20(18)27-2/h3-12H,1-2H3,(H,25,26). The zero-order chi connectivity index (χ0) is 19.7. The van der Waals surface area contributed by atoms with E-state index < -0.39 is 0 Å². The van der Waals surface area contributed by atoms with Crippen LogP contribution in [0.2, 0.25) is 5.02 Å². The molecule has 0 unspecified atom stereocenters. The highest BCUT2D eigenvalue weighted by Crippen LogP contribution is 2.30. The van der Waals surface area contributed by atoms with Crippen LogP contribution >= 0.6 is 11.6 Å². The van der Waals surface area contributed by atoms with Crippen molar-refractivity contribution in [1.29, 1.82) is 0 Å². The lowest BCUT2D eigenvalue weighted by Gasteiger charge is -2.12. The third-order valence-electron chi connectivity index (χ3n) is 4.36. The molecular weight excluding hydrogens is 376 g/mol. The molecule has 4 aromatic rings. The van der Waals surface area contributed by atoms with Crippen LogP contribution in [0.4, 0.5) is 5.69 Å². The number of hydrogen-bond donors (Lipinski definition) is 1. The quantitative estimate of drug-likeness (QED) is 0.482. The van der Waals surface area contributed by atoms with Gasteiger partial charge in [0.25, 0.3) is 5.91 Å². The SMILES string of the molecule is COc1ccc(Cl)cc1NC(=O)c1cc(-c2ccc(C)o2)nc2ccccc12. The number of amides is 1. The third kappa shape index (κ3) is 3.44. The Kier molecular flexibility index (Phi) is 4.75. The molecule has 5 nitrogen and oxygen atoms in total. The van der Waals surface area contributed by atoms with Gasteiger partial charge in [-0.3, -0.25) is 4.79 Å². The van der Waals surface area contributed by atoms with Crippen LogP contribution < -0.4 is 10.1 Å². The number of hydrogen-bond acceptors (Lipinski definition) is 4. The Balaban J connectivity index is 1.81. The molecule has 0 bridgehead atoms. The maximum Gasteiger partial charge on any atom is 0.256 e. The van der Waals surface area contributed by atoms with Crippen molar-refractivity contribution in [1.82, 2.24) is 4.98 Å². The summed E-state index contributed by atoms with van der Waals surface area (Å²) in [6, 6.07) is 18.0. The first-order chi connectivity index (χ1) is 13.5. The van der Waals surface area contributed by atoms with E-state index in [1.54, 1.807) is 24.3 Å². The van der Waals surface area contributed by atoms with E-state index in [4.69, 9.17) is 20.8 Å². The van der Waals surface area contributed by atoms with Gasteiger partial charge in [0, 0.05) is 10.4 Å². The molecule has 4 rings (SSSR count). The van der Waals surface area contributed by atoms with Crippen molar-refractivity contribution in [3.63, 3.8) is 0 Å². The number of carbonyl (C=O) groups excluding carboxylic acids is 1. The topological polar surface area (TPSA) is 64.4 Å². The molecule has 0 saturated carbocycles. The number of nitrogens with zero attached hydrogens (tertiary/aromatic N) is 1. The molecule has 28 heavy (non-hydrogen) atoms. The smallest absolute Gasteiger partial charge is 0.256 e. The average Bonchev–Trinajstić information content (AvgIpc) is 3.13. The number of ether oxygens (including phenoxy) is 1. The molecule has 1 N–H and O–H groups in total. The van der Waals surface area contributed by atoms with Crippen molar-refractivity contribution in [2.45, 2.75) is 6.92 Å². The second-order valence-electron chi connectivity index (χ2n) is 6.28. The number of rotatable bonds is 4. The second-order valence-corrected chi connectivity index (χ2v) is 6.72. The van der Waals surface area contributed by atoms with E-state index in [0.29, 0.717) is 39.0 Å². The number of aryl methyl sites for hydroxylation is 1. The van der Waals surface area contributed by atoms with E-state index in [9.17, 15) is 4.79 Å². The Morgan fingerprint density at radius 2 is 1.93 bits per heavy atom. The van der Waals surface area contributed by atoms with Crippen LogP contribution in [0.5, 0.6) is 5.75 Å². The normalized spacial score (nSPS) is 10.8. The summed E-state index contributed by atoms with van der Waals surface area (Å²) >= 11 is 6.08. The van der Waals surface area contributed by atoms with Gasteiger partial charge >= 0.3 is 0 Å². The third-order valence-corrected chi connectivity index (χ3v) is 4.60. The summed E-state index contributed by atoms with van der Waals surface area (Å²) in [6.45, 7) is 1.86. The van der Waals surface area contributed by atoms with Gasteiger partial charge in [-0.25, -0.2) is 4.98 Å². The van der Waals surface area contributed by atoms with Crippen LogP contribution in [0.1, 0.15) is 16.1 Å². The molecule has 0 radical (unpaired) electrons. The number of methoxy groups -OCH3 is 1. The molecule has 2 aromatic carbocycles. The van der Waals surface area contributed by atoms with Crippen LogP contribution in [-0.2, 0) is 0 Å². The monoisotopic (exact) mass is 392 g/mol. The minimum absolute atomic E-state index is 0.288. The first-order valence-electron chi connectivity index (χ1n) is 8.66. The van der Waals surface area contributed by atoms with Crippen LogP contribution in [-0.4, -0.2) is 18.0 Å². The van der Waals surface area contributed by atoms with Crippen molar-refractivity contribution in [3.8, 4) is 17.2 Å². The van der Waals surface area contributed by atoms with Crippen LogP contribution in [0.25, 0.3) is 22.4 Å². The molecule has 2 aromatic heterocycles. The summed E-state index contributed by atoms with van der Waals surface area (Å²) in [7, 11) is 1.54. The van der Waals surface area contributed by atoms with Crippen molar-refractivity contribution >= 4 is 34.1 Å². The first-order valence-corrected chi connectivity index (χ1v) is 9.04. The van der Waals surface area contributed by atoms with Crippen molar-refractivity contribution in [3.05, 3.63) is 77.0 Å². The number of fused-ring (bicyclic) bond motifs is 1. The number of nitrogens with one attached hydrogen (secondary N) is 1. The van der Waals surface area contributed by atoms with Crippen LogP contribution in [0, 0.1) is 6.92 Å². The predicted octanol–water partition coefficient (Wildman–Crippen LogP) is 5.72. The van der Waals surface area contributed by atoms with E-state index in [1.165, 1.54) is 7.11 Å². The number of benzene rings is 2. The minimum Gasteiger partial charge on any atom is -0.495 e. The highest BCUT2D eigenvalue weighted by atomic mass is 35.5. The second kappa shape index (κ2) is 7.37. The molecule has 1 amide bonds. The molecule has 0 fully saturated rings. The highest BCUT2D eigenvalue weighted by Gasteiger charge is 2.17. The lowest BCUT2D eigenvalue weighted by molar-refractivity contribution is 0.102. The molecule has 2 heterocycles. The Morgan fingerprint density at radius 3 is 2.68 bits per heavy atom. The van der Waals surface area contributed by atoms with Gasteiger partial charge in [0.05, 0.1) is 23.9 Å². The molecule has 6 heteroatoms. The molecule has 0 saturated heterocycles. The van der Waals surface area contributed by atoms with E-state index in [0.717, 1.165) is 11.1 Å². The van der Waals surface area contributed by atoms with E-state index in [2.05, 4.69) is 10.3 Å². The van der Waals surface area contributed by atoms with Gasteiger partial charge < -0.3 is 14.5 Å². The first kappa shape index (κ1) is 18.1. The van der Waals surface area contributed by atoms with E-state index >= 15 is 0 Å². The summed E-state index contributed by atoms with van der Waals surface area (Å²) in [5.41, 5.74) is 2.28. The van der Waals surface area contributed by atoms with Crippen LogP contribution in [0.15, 0.2) is 65.1 Å². The van der Waals surface area contributed by atoms with Gasteiger partial charge in [0.1, 0.15) is 17.2 Å². The van der Waals surface area contributed by atoms with Crippen LogP contribution in [0.3, 0.4) is 0 Å².